The quantitative estimate of drug-likeness (QED) is 0.618. The minimum absolute atomic E-state index is 1.08. The largest absolute Gasteiger partial charge is 0.261 e. The van der Waals surface area contributed by atoms with E-state index < -0.39 is 0 Å². The topological polar surface area (TPSA) is 12.9 Å². The van der Waals surface area contributed by atoms with Crippen LogP contribution in [0.5, 0.6) is 0 Å². The Hall–Kier alpha value is -1.11. The van der Waals surface area contributed by atoms with Gasteiger partial charge in [0, 0.05) is 11.9 Å². The second-order valence-corrected chi connectivity index (χ2v) is 2.18. The standard InChI is InChI=1S/C9H11N.C2H6/c1-3-5-9-6-4-7-10-8(9)2;1-2/h3-7H,1-2H3;1-2H3/b5-3-;. The highest BCUT2D eigenvalue weighted by Gasteiger charge is 1.89. The van der Waals surface area contributed by atoms with Crippen LogP contribution in [0.25, 0.3) is 6.08 Å². The molecule has 0 saturated heterocycles. The minimum atomic E-state index is 1.08. The van der Waals surface area contributed by atoms with Crippen LogP contribution in [-0.2, 0) is 0 Å². The molecule has 0 unspecified atom stereocenters. The molecule has 1 aromatic rings. The van der Waals surface area contributed by atoms with Gasteiger partial charge in [0.15, 0.2) is 0 Å². The summed E-state index contributed by atoms with van der Waals surface area (Å²) in [6.45, 7) is 8.02. The fourth-order valence-electron chi connectivity index (χ4n) is 0.852. The lowest BCUT2D eigenvalue weighted by Gasteiger charge is -1.95. The van der Waals surface area contributed by atoms with E-state index in [0.29, 0.717) is 0 Å². The molecule has 0 spiro atoms. The third kappa shape index (κ3) is 3.33. The summed E-state index contributed by atoms with van der Waals surface area (Å²) in [6.07, 6.45) is 5.88. The molecule has 0 aliphatic rings. The van der Waals surface area contributed by atoms with Gasteiger partial charge in [-0.2, -0.15) is 0 Å². The zero-order valence-electron chi connectivity index (χ0n) is 8.33. The lowest BCUT2D eigenvalue weighted by atomic mass is 10.2. The van der Waals surface area contributed by atoms with E-state index in [1.54, 1.807) is 0 Å². The van der Waals surface area contributed by atoms with Crippen molar-refractivity contribution < 1.29 is 0 Å². The van der Waals surface area contributed by atoms with Crippen LogP contribution < -0.4 is 0 Å². The van der Waals surface area contributed by atoms with Gasteiger partial charge >= 0.3 is 0 Å². The molecule has 0 radical (unpaired) electrons. The van der Waals surface area contributed by atoms with Gasteiger partial charge in [-0.05, 0) is 25.5 Å². The maximum Gasteiger partial charge on any atom is 0.0444 e. The Labute approximate surface area is 75.2 Å². The van der Waals surface area contributed by atoms with Gasteiger partial charge in [-0.1, -0.05) is 32.1 Å². The second kappa shape index (κ2) is 6.59. The molecule has 0 aromatic carbocycles. The van der Waals surface area contributed by atoms with E-state index in [-0.39, 0.29) is 0 Å². The molecule has 0 aliphatic carbocycles. The third-order valence-electron chi connectivity index (χ3n) is 1.39. The van der Waals surface area contributed by atoms with Crippen molar-refractivity contribution in [3.05, 3.63) is 35.7 Å². The van der Waals surface area contributed by atoms with E-state index in [2.05, 4.69) is 17.1 Å². The number of pyridine rings is 1. The van der Waals surface area contributed by atoms with Crippen molar-refractivity contribution in [2.24, 2.45) is 0 Å². The van der Waals surface area contributed by atoms with Crippen LogP contribution in [0.3, 0.4) is 0 Å². The second-order valence-electron chi connectivity index (χ2n) is 2.18. The van der Waals surface area contributed by atoms with Crippen molar-refractivity contribution in [3.63, 3.8) is 0 Å². The molecular formula is C11H17N. The van der Waals surface area contributed by atoms with Gasteiger partial charge in [0.25, 0.3) is 0 Å². The molecule has 0 amide bonds. The molecule has 0 aliphatic heterocycles. The normalized spacial score (nSPS) is 9.33. The zero-order valence-corrected chi connectivity index (χ0v) is 8.33. The fraction of sp³-hybridized carbons (Fsp3) is 0.364. The molecule has 1 heterocycles. The van der Waals surface area contributed by atoms with Gasteiger partial charge in [-0.25, -0.2) is 0 Å². The van der Waals surface area contributed by atoms with Crippen LogP contribution in [0.4, 0.5) is 0 Å². The molecule has 0 N–H and O–H groups in total. The van der Waals surface area contributed by atoms with Gasteiger partial charge < -0.3 is 0 Å². The maximum absolute atomic E-state index is 4.15. The number of rotatable bonds is 1. The molecule has 0 atom stereocenters. The Bertz CT molecular complexity index is 239. The SMILES string of the molecule is C/C=C\c1cccnc1C.CC. The van der Waals surface area contributed by atoms with E-state index in [1.165, 1.54) is 5.56 Å². The summed E-state index contributed by atoms with van der Waals surface area (Å²) in [5.74, 6) is 0. The van der Waals surface area contributed by atoms with Crippen molar-refractivity contribution in [2.75, 3.05) is 0 Å². The molecule has 1 aromatic heterocycles. The number of hydrogen-bond donors (Lipinski definition) is 0. The van der Waals surface area contributed by atoms with Crippen molar-refractivity contribution in [1.82, 2.24) is 4.98 Å². The van der Waals surface area contributed by atoms with E-state index in [9.17, 15) is 0 Å². The van der Waals surface area contributed by atoms with Crippen molar-refractivity contribution in [3.8, 4) is 0 Å². The third-order valence-corrected chi connectivity index (χ3v) is 1.39. The van der Waals surface area contributed by atoms with Crippen LogP contribution >= 0.6 is 0 Å². The summed E-state index contributed by atoms with van der Waals surface area (Å²) in [5.41, 5.74) is 2.28. The monoisotopic (exact) mass is 163 g/mol. The summed E-state index contributed by atoms with van der Waals surface area (Å²) >= 11 is 0. The van der Waals surface area contributed by atoms with Crippen LogP contribution in [0.2, 0.25) is 0 Å². The summed E-state index contributed by atoms with van der Waals surface area (Å²) in [5, 5.41) is 0. The highest BCUT2D eigenvalue weighted by atomic mass is 14.7. The number of aromatic nitrogens is 1. The first-order valence-electron chi connectivity index (χ1n) is 4.39. The molecule has 12 heavy (non-hydrogen) atoms. The molecule has 1 nitrogen and oxygen atoms in total. The number of allylic oxidation sites excluding steroid dienone is 1. The van der Waals surface area contributed by atoms with Gasteiger partial charge in [0.05, 0.1) is 0 Å². The van der Waals surface area contributed by atoms with Gasteiger partial charge in [-0.3, -0.25) is 4.98 Å². The van der Waals surface area contributed by atoms with Crippen LogP contribution in [-0.4, -0.2) is 4.98 Å². The number of aryl methyl sites for hydroxylation is 1. The summed E-state index contributed by atoms with van der Waals surface area (Å²) < 4.78 is 0. The van der Waals surface area contributed by atoms with Crippen molar-refractivity contribution in [2.45, 2.75) is 27.7 Å². The average Bonchev–Trinajstić information content (AvgIpc) is 2.13. The van der Waals surface area contributed by atoms with E-state index in [0.717, 1.165) is 5.69 Å². The molecule has 66 valence electrons. The zero-order chi connectivity index (χ0) is 9.40. The van der Waals surface area contributed by atoms with Crippen LogP contribution in [0.1, 0.15) is 32.0 Å². The Kier molecular flexibility index (Phi) is 5.98. The van der Waals surface area contributed by atoms with Crippen molar-refractivity contribution >= 4 is 6.08 Å². The average molecular weight is 163 g/mol. The molecule has 1 rings (SSSR count). The highest BCUT2D eigenvalue weighted by Crippen LogP contribution is 2.04. The van der Waals surface area contributed by atoms with Crippen LogP contribution in [0, 0.1) is 6.92 Å². The molecule has 0 fully saturated rings. The predicted molar refractivity (Wildman–Crippen MR) is 55.0 cm³/mol. The highest BCUT2D eigenvalue weighted by molar-refractivity contribution is 5.50. The number of nitrogens with zero attached hydrogens (tertiary/aromatic N) is 1. The Morgan fingerprint density at radius 1 is 1.33 bits per heavy atom. The smallest absolute Gasteiger partial charge is 0.0444 e. The first kappa shape index (κ1) is 10.9. The molecular weight excluding hydrogens is 146 g/mol. The van der Waals surface area contributed by atoms with Crippen LogP contribution in [0.15, 0.2) is 24.4 Å². The van der Waals surface area contributed by atoms with Gasteiger partial charge in [0.1, 0.15) is 0 Å². The fourth-order valence-corrected chi connectivity index (χ4v) is 0.852. The summed E-state index contributed by atoms with van der Waals surface area (Å²) in [6, 6.07) is 4.00. The van der Waals surface area contributed by atoms with Gasteiger partial charge in [-0.15, -0.1) is 0 Å². The van der Waals surface area contributed by atoms with Crippen molar-refractivity contribution in [1.29, 1.82) is 0 Å². The van der Waals surface area contributed by atoms with E-state index >= 15 is 0 Å². The molecule has 1 heteroatoms. The van der Waals surface area contributed by atoms with E-state index in [4.69, 9.17) is 0 Å². The first-order chi connectivity index (χ1) is 5.84. The maximum atomic E-state index is 4.15. The predicted octanol–water partition coefficient (Wildman–Crippen LogP) is 3.45. The molecule has 0 saturated carbocycles. The summed E-state index contributed by atoms with van der Waals surface area (Å²) in [4.78, 5) is 4.15. The lowest BCUT2D eigenvalue weighted by Crippen LogP contribution is -1.82. The summed E-state index contributed by atoms with van der Waals surface area (Å²) in [7, 11) is 0. The lowest BCUT2D eigenvalue weighted by molar-refractivity contribution is 1.19. The van der Waals surface area contributed by atoms with Gasteiger partial charge in [0.2, 0.25) is 0 Å². The first-order valence-corrected chi connectivity index (χ1v) is 4.39. The minimum Gasteiger partial charge on any atom is -0.261 e. The molecule has 0 bridgehead atoms. The van der Waals surface area contributed by atoms with E-state index in [1.807, 2.05) is 46.0 Å². The Morgan fingerprint density at radius 2 is 2.00 bits per heavy atom. The Balaban J connectivity index is 0.000000561. The Morgan fingerprint density at radius 3 is 2.50 bits per heavy atom. The number of hydrogen-bond acceptors (Lipinski definition) is 1.